The van der Waals surface area contributed by atoms with Gasteiger partial charge in [0.2, 0.25) is 5.91 Å². The zero-order valence-electron chi connectivity index (χ0n) is 14.6. The van der Waals surface area contributed by atoms with E-state index in [2.05, 4.69) is 15.5 Å². The van der Waals surface area contributed by atoms with Gasteiger partial charge in [-0.25, -0.2) is 0 Å². The largest absolute Gasteiger partial charge is 0.507 e. The van der Waals surface area contributed by atoms with Gasteiger partial charge in [-0.2, -0.15) is 10.2 Å². The number of phenolic OH excluding ortho intramolecular Hbond substituents is 1. The molecule has 0 aliphatic rings. The molecule has 0 saturated carbocycles. The van der Waals surface area contributed by atoms with Gasteiger partial charge < -0.3 is 10.4 Å². The minimum Gasteiger partial charge on any atom is -0.507 e. The fourth-order valence-corrected chi connectivity index (χ4v) is 2.57. The number of hydrogen-bond donors (Lipinski definition) is 2. The second kappa shape index (κ2) is 7.61. The Balaban J connectivity index is 1.83. The van der Waals surface area contributed by atoms with Gasteiger partial charge in [0, 0.05) is 24.2 Å². The molecule has 0 bridgehead atoms. The number of hydrogen-bond acceptors (Lipinski definition) is 4. The molecule has 0 spiro atoms. The highest BCUT2D eigenvalue weighted by Crippen LogP contribution is 2.35. The molecule has 0 fully saturated rings. The molecule has 5 heteroatoms. The van der Waals surface area contributed by atoms with Crippen LogP contribution in [0.25, 0.3) is 11.1 Å². The third kappa shape index (κ3) is 4.13. The Hall–Kier alpha value is -3.47. The first-order valence-corrected chi connectivity index (χ1v) is 8.21. The van der Waals surface area contributed by atoms with Gasteiger partial charge in [-0.15, -0.1) is 0 Å². The summed E-state index contributed by atoms with van der Waals surface area (Å²) in [5, 5.41) is 21.4. The number of aryl methyl sites for hydroxylation is 1. The predicted octanol–water partition coefficient (Wildman–Crippen LogP) is 5.74. The second-order valence-electron chi connectivity index (χ2n) is 5.95. The molecule has 130 valence electrons. The molecule has 0 atom stereocenters. The second-order valence-corrected chi connectivity index (χ2v) is 5.95. The lowest BCUT2D eigenvalue weighted by atomic mass is 10.0. The van der Waals surface area contributed by atoms with Crippen LogP contribution >= 0.6 is 0 Å². The zero-order chi connectivity index (χ0) is 18.5. The van der Waals surface area contributed by atoms with Crippen molar-refractivity contribution in [2.24, 2.45) is 10.2 Å². The molecular weight excluding hydrogens is 326 g/mol. The quantitative estimate of drug-likeness (QED) is 0.592. The van der Waals surface area contributed by atoms with Gasteiger partial charge in [-0.3, -0.25) is 4.79 Å². The van der Waals surface area contributed by atoms with E-state index in [1.165, 1.54) is 6.92 Å². The Bertz CT molecular complexity index is 949. The van der Waals surface area contributed by atoms with Crippen LogP contribution in [0, 0.1) is 6.92 Å². The number of anilines is 1. The van der Waals surface area contributed by atoms with Crippen molar-refractivity contribution in [2.75, 3.05) is 5.32 Å². The zero-order valence-corrected chi connectivity index (χ0v) is 14.6. The van der Waals surface area contributed by atoms with Gasteiger partial charge in [0.15, 0.2) is 0 Å². The molecule has 1 amide bonds. The highest BCUT2D eigenvalue weighted by Gasteiger charge is 2.09. The molecule has 0 radical (unpaired) electrons. The van der Waals surface area contributed by atoms with Gasteiger partial charge in [-0.05, 0) is 48.4 Å². The third-order valence-corrected chi connectivity index (χ3v) is 3.87. The maximum Gasteiger partial charge on any atom is 0.221 e. The average molecular weight is 345 g/mol. The normalized spacial score (nSPS) is 10.8. The number of carbonyl (C=O) groups is 1. The van der Waals surface area contributed by atoms with Crippen molar-refractivity contribution >= 4 is 23.0 Å². The van der Waals surface area contributed by atoms with Crippen molar-refractivity contribution in [1.82, 2.24) is 0 Å². The predicted molar refractivity (Wildman–Crippen MR) is 103 cm³/mol. The van der Waals surface area contributed by atoms with E-state index in [1.54, 1.807) is 6.07 Å². The van der Waals surface area contributed by atoms with Gasteiger partial charge in [0.25, 0.3) is 0 Å². The number of phenols is 1. The molecule has 0 unspecified atom stereocenters. The van der Waals surface area contributed by atoms with Gasteiger partial charge in [0.05, 0.1) is 11.4 Å². The van der Waals surface area contributed by atoms with E-state index in [4.69, 9.17) is 0 Å². The lowest BCUT2D eigenvalue weighted by molar-refractivity contribution is -0.114. The summed E-state index contributed by atoms with van der Waals surface area (Å²) in [6.45, 7) is 3.32. The minimum absolute atomic E-state index is 0.109. The van der Waals surface area contributed by atoms with E-state index in [1.807, 2.05) is 67.6 Å². The number of azo groups is 1. The first kappa shape index (κ1) is 17.4. The number of carbonyl (C=O) groups excluding carboxylic acids is 1. The standard InChI is InChI=1S/C21H19N3O2/c1-14-12-19(21(26)13-20(14)22-15(2)25)16-8-10-18(11-9-16)24-23-17-6-4-3-5-7-17/h3-13,26H,1-2H3,(H,22,25). The number of nitrogens with one attached hydrogen (secondary N) is 1. The molecule has 0 heterocycles. The van der Waals surface area contributed by atoms with Crippen molar-refractivity contribution in [1.29, 1.82) is 0 Å². The number of aromatic hydroxyl groups is 1. The first-order chi connectivity index (χ1) is 12.5. The third-order valence-electron chi connectivity index (χ3n) is 3.87. The van der Waals surface area contributed by atoms with Crippen molar-refractivity contribution < 1.29 is 9.90 Å². The lowest BCUT2D eigenvalue weighted by Crippen LogP contribution is -2.07. The summed E-state index contributed by atoms with van der Waals surface area (Å²) >= 11 is 0. The fourth-order valence-electron chi connectivity index (χ4n) is 2.57. The number of nitrogens with zero attached hydrogens (tertiary/aromatic N) is 2. The van der Waals surface area contributed by atoms with Crippen LogP contribution in [0.4, 0.5) is 17.1 Å². The Labute approximate surface area is 152 Å². The van der Waals surface area contributed by atoms with E-state index in [0.29, 0.717) is 11.3 Å². The van der Waals surface area contributed by atoms with Crippen LogP contribution < -0.4 is 5.32 Å². The average Bonchev–Trinajstić information content (AvgIpc) is 2.64. The Morgan fingerprint density at radius 2 is 1.54 bits per heavy atom. The number of benzene rings is 3. The minimum atomic E-state index is -0.173. The van der Waals surface area contributed by atoms with Crippen molar-refractivity contribution in [3.05, 3.63) is 72.3 Å². The van der Waals surface area contributed by atoms with Crippen LogP contribution in [-0.2, 0) is 4.79 Å². The van der Waals surface area contributed by atoms with E-state index in [0.717, 1.165) is 22.5 Å². The van der Waals surface area contributed by atoms with Gasteiger partial charge in [0.1, 0.15) is 5.75 Å². The van der Waals surface area contributed by atoms with Crippen LogP contribution in [0.3, 0.4) is 0 Å². The van der Waals surface area contributed by atoms with Crippen LogP contribution in [0.5, 0.6) is 5.75 Å². The molecule has 0 aromatic heterocycles. The summed E-state index contributed by atoms with van der Waals surface area (Å²) < 4.78 is 0. The molecule has 5 nitrogen and oxygen atoms in total. The highest BCUT2D eigenvalue weighted by atomic mass is 16.3. The van der Waals surface area contributed by atoms with E-state index < -0.39 is 0 Å². The van der Waals surface area contributed by atoms with Crippen molar-refractivity contribution in [3.63, 3.8) is 0 Å². The summed E-state index contributed by atoms with van der Waals surface area (Å²) in [7, 11) is 0. The molecule has 2 N–H and O–H groups in total. The summed E-state index contributed by atoms with van der Waals surface area (Å²) in [6, 6.07) is 20.4. The first-order valence-electron chi connectivity index (χ1n) is 8.21. The monoisotopic (exact) mass is 345 g/mol. The number of rotatable bonds is 4. The summed E-state index contributed by atoms with van der Waals surface area (Å²) in [6.07, 6.45) is 0. The summed E-state index contributed by atoms with van der Waals surface area (Å²) in [5.41, 5.74) is 4.55. The fraction of sp³-hybridized carbons (Fsp3) is 0.0952. The molecule has 0 aliphatic carbocycles. The molecule has 3 aromatic carbocycles. The van der Waals surface area contributed by atoms with Crippen molar-refractivity contribution in [2.45, 2.75) is 13.8 Å². The topological polar surface area (TPSA) is 74.0 Å². The highest BCUT2D eigenvalue weighted by molar-refractivity contribution is 5.91. The summed E-state index contributed by atoms with van der Waals surface area (Å²) in [4.78, 5) is 11.2. The SMILES string of the molecule is CC(=O)Nc1cc(O)c(-c2ccc(N=Nc3ccccc3)cc2)cc1C. The molecule has 26 heavy (non-hydrogen) atoms. The van der Waals surface area contributed by atoms with Crippen LogP contribution in [0.15, 0.2) is 77.0 Å². The molecule has 3 rings (SSSR count). The van der Waals surface area contributed by atoms with Gasteiger partial charge >= 0.3 is 0 Å². The smallest absolute Gasteiger partial charge is 0.221 e. The Morgan fingerprint density at radius 3 is 2.15 bits per heavy atom. The van der Waals surface area contributed by atoms with Crippen LogP contribution in [0.1, 0.15) is 12.5 Å². The van der Waals surface area contributed by atoms with E-state index in [-0.39, 0.29) is 11.7 Å². The molecular formula is C21H19N3O2. The maximum atomic E-state index is 11.2. The van der Waals surface area contributed by atoms with Crippen molar-refractivity contribution in [3.8, 4) is 16.9 Å². The van der Waals surface area contributed by atoms with E-state index in [9.17, 15) is 9.90 Å². The van der Waals surface area contributed by atoms with Crippen LogP contribution in [0.2, 0.25) is 0 Å². The molecule has 3 aromatic rings. The summed E-state index contributed by atoms with van der Waals surface area (Å²) in [5.74, 6) is -0.0635. The van der Waals surface area contributed by atoms with E-state index >= 15 is 0 Å². The Morgan fingerprint density at radius 1 is 0.923 bits per heavy atom. The molecule has 0 aliphatic heterocycles. The maximum absolute atomic E-state index is 11.2. The van der Waals surface area contributed by atoms with Crippen LogP contribution in [-0.4, -0.2) is 11.0 Å². The number of amides is 1. The lowest BCUT2D eigenvalue weighted by Gasteiger charge is -2.11. The Kier molecular flexibility index (Phi) is 5.08. The molecule has 0 saturated heterocycles. The van der Waals surface area contributed by atoms with Gasteiger partial charge in [-0.1, -0.05) is 30.3 Å².